The smallest absolute Gasteiger partial charge is 0.274 e. The zero-order chi connectivity index (χ0) is 16.5. The molecule has 0 atom stereocenters. The number of benzene rings is 1. The number of carbonyl (C=O) groups is 1. The highest BCUT2D eigenvalue weighted by Crippen LogP contribution is 2.27. The molecule has 3 heterocycles. The molecule has 0 aliphatic carbocycles. The number of anilines is 1. The molecule has 0 unspecified atom stereocenters. The number of carbonyl (C=O) groups excluding carboxylic acids is 1. The molecule has 0 bridgehead atoms. The van der Waals surface area contributed by atoms with Gasteiger partial charge in [0.1, 0.15) is 0 Å². The summed E-state index contributed by atoms with van der Waals surface area (Å²) in [6, 6.07) is 10.4. The van der Waals surface area contributed by atoms with E-state index in [2.05, 4.69) is 39.6 Å². The molecule has 0 spiro atoms. The van der Waals surface area contributed by atoms with E-state index in [9.17, 15) is 4.79 Å². The maximum Gasteiger partial charge on any atom is 0.274 e. The first-order valence-corrected chi connectivity index (χ1v) is 8.59. The van der Waals surface area contributed by atoms with Crippen LogP contribution in [0.5, 0.6) is 0 Å². The quantitative estimate of drug-likeness (QED) is 0.896. The van der Waals surface area contributed by atoms with Crippen molar-refractivity contribution in [3.63, 3.8) is 0 Å². The molecule has 0 radical (unpaired) electrons. The molecule has 0 saturated carbocycles. The van der Waals surface area contributed by atoms with Crippen molar-refractivity contribution in [1.29, 1.82) is 0 Å². The monoisotopic (exact) mass is 325 g/mol. The molecule has 1 saturated heterocycles. The van der Waals surface area contributed by atoms with E-state index in [0.717, 1.165) is 51.3 Å². The third-order valence-corrected chi connectivity index (χ3v) is 4.97. The van der Waals surface area contributed by atoms with Gasteiger partial charge in [-0.3, -0.25) is 9.48 Å². The minimum Gasteiger partial charge on any atom is -0.367 e. The predicted octanol–water partition coefficient (Wildman–Crippen LogP) is 1.03. The number of piperazine rings is 1. The summed E-state index contributed by atoms with van der Waals surface area (Å²) in [5, 5.41) is 7.86. The van der Waals surface area contributed by atoms with Gasteiger partial charge in [-0.05, 0) is 12.1 Å². The van der Waals surface area contributed by atoms with Gasteiger partial charge in [-0.15, -0.1) is 0 Å². The molecule has 1 amide bonds. The van der Waals surface area contributed by atoms with Crippen molar-refractivity contribution in [1.82, 2.24) is 20.0 Å². The van der Waals surface area contributed by atoms with Crippen LogP contribution in [0.4, 0.5) is 5.69 Å². The number of hydrogen-bond acceptors (Lipinski definition) is 4. The van der Waals surface area contributed by atoms with Gasteiger partial charge in [0, 0.05) is 69.7 Å². The van der Waals surface area contributed by atoms with Crippen molar-refractivity contribution in [2.75, 3.05) is 37.6 Å². The summed E-state index contributed by atoms with van der Waals surface area (Å²) in [5.74, 6) is 0.0725. The number of rotatable bonds is 2. The number of nitrogens with one attached hydrogen (secondary N) is 1. The molecule has 1 aromatic heterocycles. The first-order valence-electron chi connectivity index (χ1n) is 8.59. The van der Waals surface area contributed by atoms with E-state index in [-0.39, 0.29) is 5.91 Å². The molecule has 1 aromatic carbocycles. The average molecular weight is 325 g/mol. The molecular weight excluding hydrogens is 302 g/mol. The van der Waals surface area contributed by atoms with Crippen LogP contribution < -0.4 is 10.2 Å². The lowest BCUT2D eigenvalue weighted by Gasteiger charge is -2.30. The van der Waals surface area contributed by atoms with Gasteiger partial charge in [-0.2, -0.15) is 5.10 Å². The number of nitrogens with zero attached hydrogens (tertiary/aromatic N) is 4. The van der Waals surface area contributed by atoms with E-state index in [4.69, 9.17) is 0 Å². The van der Waals surface area contributed by atoms with Crippen LogP contribution in [-0.2, 0) is 20.0 Å². The largest absolute Gasteiger partial charge is 0.367 e. The molecular formula is C18H23N5O. The minimum atomic E-state index is 0.0725. The van der Waals surface area contributed by atoms with E-state index in [1.165, 1.54) is 11.4 Å². The van der Waals surface area contributed by atoms with Crippen molar-refractivity contribution < 1.29 is 4.79 Å². The predicted molar refractivity (Wildman–Crippen MR) is 93.2 cm³/mol. The van der Waals surface area contributed by atoms with Crippen LogP contribution in [0.15, 0.2) is 30.3 Å². The van der Waals surface area contributed by atoms with Gasteiger partial charge in [0.2, 0.25) is 0 Å². The molecule has 2 aromatic rings. The fourth-order valence-electron chi connectivity index (χ4n) is 3.64. The topological polar surface area (TPSA) is 53.4 Å². The van der Waals surface area contributed by atoms with E-state index in [0.29, 0.717) is 5.69 Å². The van der Waals surface area contributed by atoms with Crippen LogP contribution in [0, 0.1) is 0 Å². The van der Waals surface area contributed by atoms with E-state index in [1.54, 1.807) is 0 Å². The fourth-order valence-corrected chi connectivity index (χ4v) is 3.64. The number of hydrogen-bond donors (Lipinski definition) is 1. The second kappa shape index (κ2) is 6.28. The molecule has 1 N–H and O–H groups in total. The molecule has 24 heavy (non-hydrogen) atoms. The molecule has 6 nitrogen and oxygen atoms in total. The van der Waals surface area contributed by atoms with Crippen molar-refractivity contribution in [3.8, 4) is 0 Å². The first-order chi connectivity index (χ1) is 11.7. The maximum absolute atomic E-state index is 12.9. The Labute approximate surface area is 142 Å². The van der Waals surface area contributed by atoms with E-state index >= 15 is 0 Å². The summed E-state index contributed by atoms with van der Waals surface area (Å²) in [4.78, 5) is 17.2. The number of aryl methyl sites for hydroxylation is 1. The van der Waals surface area contributed by atoms with Crippen LogP contribution in [0.2, 0.25) is 0 Å². The van der Waals surface area contributed by atoms with Gasteiger partial charge >= 0.3 is 0 Å². The Morgan fingerprint density at radius 1 is 1.12 bits per heavy atom. The Morgan fingerprint density at radius 3 is 2.62 bits per heavy atom. The minimum absolute atomic E-state index is 0.0725. The van der Waals surface area contributed by atoms with Crippen molar-refractivity contribution in [2.45, 2.75) is 13.0 Å². The third kappa shape index (κ3) is 2.67. The molecule has 126 valence electrons. The van der Waals surface area contributed by atoms with Gasteiger partial charge in [0.05, 0.1) is 0 Å². The zero-order valence-electron chi connectivity index (χ0n) is 14.0. The summed E-state index contributed by atoms with van der Waals surface area (Å²) >= 11 is 0. The Bertz CT molecular complexity index is 733. The highest BCUT2D eigenvalue weighted by molar-refractivity contribution is 5.94. The Hall–Kier alpha value is -2.34. The Kier molecular flexibility index (Phi) is 3.98. The summed E-state index contributed by atoms with van der Waals surface area (Å²) in [6.45, 7) is 4.94. The lowest BCUT2D eigenvalue weighted by Crippen LogP contribution is -2.47. The summed E-state index contributed by atoms with van der Waals surface area (Å²) in [7, 11) is 1.95. The van der Waals surface area contributed by atoms with Gasteiger partial charge in [-0.25, -0.2) is 0 Å². The molecule has 6 heteroatoms. The normalized spacial score (nSPS) is 17.7. The summed E-state index contributed by atoms with van der Waals surface area (Å²) < 4.78 is 1.90. The van der Waals surface area contributed by atoms with Crippen molar-refractivity contribution in [3.05, 3.63) is 47.3 Å². The van der Waals surface area contributed by atoms with Gasteiger partial charge < -0.3 is 15.1 Å². The number of fused-ring (bicyclic) bond motifs is 1. The van der Waals surface area contributed by atoms with Gasteiger partial charge in [-0.1, -0.05) is 18.2 Å². The fraction of sp³-hybridized carbons (Fsp3) is 0.444. The maximum atomic E-state index is 12.9. The SMILES string of the molecule is Cn1nc(C(=O)N2CCNCC2)c2c1CCN(c1ccccc1)C2. The van der Waals surface area contributed by atoms with E-state index in [1.807, 2.05) is 22.7 Å². The molecule has 2 aliphatic heterocycles. The summed E-state index contributed by atoms with van der Waals surface area (Å²) in [5.41, 5.74) is 4.12. The van der Waals surface area contributed by atoms with Crippen LogP contribution >= 0.6 is 0 Å². The molecule has 2 aliphatic rings. The average Bonchev–Trinajstić information content (AvgIpc) is 2.99. The van der Waals surface area contributed by atoms with Gasteiger partial charge in [0.25, 0.3) is 5.91 Å². The lowest BCUT2D eigenvalue weighted by molar-refractivity contribution is 0.0728. The van der Waals surface area contributed by atoms with Crippen molar-refractivity contribution in [2.24, 2.45) is 7.05 Å². The first kappa shape index (κ1) is 15.2. The number of aromatic nitrogens is 2. The highest BCUT2D eigenvalue weighted by Gasteiger charge is 2.30. The second-order valence-electron chi connectivity index (χ2n) is 6.45. The molecule has 4 rings (SSSR count). The van der Waals surface area contributed by atoms with E-state index < -0.39 is 0 Å². The number of para-hydroxylation sites is 1. The van der Waals surface area contributed by atoms with Gasteiger partial charge in [0.15, 0.2) is 5.69 Å². The summed E-state index contributed by atoms with van der Waals surface area (Å²) in [6.07, 6.45) is 0.919. The second-order valence-corrected chi connectivity index (χ2v) is 6.45. The number of amides is 1. The van der Waals surface area contributed by atoms with Crippen LogP contribution in [-0.4, -0.2) is 53.3 Å². The molecule has 1 fully saturated rings. The lowest BCUT2D eigenvalue weighted by atomic mass is 10.0. The highest BCUT2D eigenvalue weighted by atomic mass is 16.2. The van der Waals surface area contributed by atoms with Crippen LogP contribution in [0.25, 0.3) is 0 Å². The van der Waals surface area contributed by atoms with Crippen LogP contribution in [0.1, 0.15) is 21.7 Å². The zero-order valence-corrected chi connectivity index (χ0v) is 14.0. The van der Waals surface area contributed by atoms with Crippen molar-refractivity contribution >= 4 is 11.6 Å². The third-order valence-electron chi connectivity index (χ3n) is 4.97. The standard InChI is InChI=1S/C18H23N5O/c1-21-16-7-10-23(14-5-3-2-4-6-14)13-15(16)17(20-21)18(24)22-11-8-19-9-12-22/h2-6,19H,7-13H2,1H3. The Morgan fingerprint density at radius 2 is 1.88 bits per heavy atom. The Balaban J connectivity index is 1.63. The van der Waals surface area contributed by atoms with Crippen LogP contribution in [0.3, 0.4) is 0 Å².